The van der Waals surface area contributed by atoms with Crippen molar-refractivity contribution in [2.24, 2.45) is 0 Å². The molecule has 4 aromatic rings. The summed E-state index contributed by atoms with van der Waals surface area (Å²) >= 11 is 0. The van der Waals surface area contributed by atoms with Gasteiger partial charge in [-0.3, -0.25) is 9.80 Å². The van der Waals surface area contributed by atoms with Crippen LogP contribution in [0.4, 0.5) is 9.59 Å². The smallest absolute Gasteiger partial charge is 0.410 e. The lowest BCUT2D eigenvalue weighted by atomic mass is 9.93. The molecular formula is C33H36N6O5. The van der Waals surface area contributed by atoms with Gasteiger partial charge in [-0.2, -0.15) is 0 Å². The van der Waals surface area contributed by atoms with Crippen molar-refractivity contribution in [3.8, 4) is 39.4 Å². The summed E-state index contributed by atoms with van der Waals surface area (Å²) in [7, 11) is 0. The van der Waals surface area contributed by atoms with Crippen LogP contribution in [-0.2, 0) is 11.3 Å². The van der Waals surface area contributed by atoms with E-state index in [1.165, 1.54) is 4.90 Å². The molecule has 5 heterocycles. The number of carboxylic acid groups (broad SMARTS) is 1. The van der Waals surface area contributed by atoms with E-state index in [4.69, 9.17) is 9.47 Å². The molecule has 2 amide bonds. The molecule has 11 nitrogen and oxygen atoms in total. The van der Waals surface area contributed by atoms with Gasteiger partial charge in [0.1, 0.15) is 29.6 Å². The van der Waals surface area contributed by atoms with Gasteiger partial charge in [-0.05, 0) is 81.3 Å². The second kappa shape index (κ2) is 10.7. The molecule has 2 aromatic carbocycles. The van der Waals surface area contributed by atoms with Gasteiger partial charge in [0, 0.05) is 24.2 Å². The van der Waals surface area contributed by atoms with Crippen LogP contribution in [-0.4, -0.2) is 65.7 Å². The monoisotopic (exact) mass is 596 g/mol. The van der Waals surface area contributed by atoms with Gasteiger partial charge in [0.15, 0.2) is 0 Å². The van der Waals surface area contributed by atoms with Crippen LogP contribution in [0, 0.1) is 0 Å². The lowest BCUT2D eigenvalue weighted by Gasteiger charge is -2.27. The summed E-state index contributed by atoms with van der Waals surface area (Å²) in [6, 6.07) is 12.0. The Labute approximate surface area is 255 Å². The Bertz CT molecular complexity index is 1740. The highest BCUT2D eigenvalue weighted by molar-refractivity contribution is 5.80. The summed E-state index contributed by atoms with van der Waals surface area (Å²) in [6.45, 7) is 7.24. The maximum atomic E-state index is 12.8. The SMILES string of the molecule is CC(C)(C)OC(=O)N1CCCC1c1ncc(-c2ccc3c(c2)COc2cc(-c4cnc(C5CCCN5C(=O)O)[nH]4)ccc2-3)[nH]1. The minimum atomic E-state index is -0.916. The topological polar surface area (TPSA) is 137 Å². The maximum absolute atomic E-state index is 12.8. The minimum Gasteiger partial charge on any atom is -0.488 e. The standard InChI is InChI=1S/C33H36N6O5/c1-33(2,3)44-32(42)39-13-5-7-27(39)30-35-16-24(36-30)19-8-10-22-21(14-19)18-43-28-15-20(9-11-23(22)28)25-17-34-29(37-25)26-6-4-12-38(26)31(40)41/h8-11,14-17,26-27H,4-7,12-13,18H2,1-3H3,(H,34,37)(H,35,36)(H,40,41). The van der Waals surface area contributed by atoms with E-state index in [9.17, 15) is 14.7 Å². The number of imidazole rings is 2. The van der Waals surface area contributed by atoms with Crippen LogP contribution in [0.15, 0.2) is 48.8 Å². The first-order valence-corrected chi connectivity index (χ1v) is 15.1. The van der Waals surface area contributed by atoms with Crippen molar-refractivity contribution in [2.75, 3.05) is 13.1 Å². The fourth-order valence-corrected chi connectivity index (χ4v) is 6.51. The fourth-order valence-electron chi connectivity index (χ4n) is 6.51. The molecule has 3 aliphatic heterocycles. The quantitative estimate of drug-likeness (QED) is 0.233. The number of likely N-dealkylation sites (tertiary alicyclic amines) is 2. The molecule has 2 fully saturated rings. The van der Waals surface area contributed by atoms with Crippen LogP contribution < -0.4 is 4.74 Å². The number of benzene rings is 2. The molecule has 0 aliphatic carbocycles. The number of aromatic nitrogens is 4. The zero-order valence-electron chi connectivity index (χ0n) is 25.1. The molecule has 2 saturated heterocycles. The first-order chi connectivity index (χ1) is 21.1. The maximum Gasteiger partial charge on any atom is 0.410 e. The van der Waals surface area contributed by atoms with E-state index in [2.05, 4.69) is 44.2 Å². The van der Waals surface area contributed by atoms with Crippen LogP contribution in [0.2, 0.25) is 0 Å². The number of carbonyl (C=O) groups excluding carboxylic acids is 1. The van der Waals surface area contributed by atoms with Gasteiger partial charge in [0.25, 0.3) is 0 Å². The van der Waals surface area contributed by atoms with Crippen LogP contribution in [0.1, 0.15) is 75.8 Å². The number of nitrogens with one attached hydrogen (secondary N) is 2. The van der Waals surface area contributed by atoms with Crippen molar-refractivity contribution in [3.63, 3.8) is 0 Å². The number of hydrogen-bond acceptors (Lipinski definition) is 6. The highest BCUT2D eigenvalue weighted by Gasteiger charge is 2.35. The highest BCUT2D eigenvalue weighted by Crippen LogP contribution is 2.42. The molecule has 44 heavy (non-hydrogen) atoms. The van der Waals surface area contributed by atoms with E-state index >= 15 is 0 Å². The summed E-state index contributed by atoms with van der Waals surface area (Å²) in [6.07, 6.45) is 5.69. The number of ether oxygens (including phenoxy) is 2. The molecule has 2 atom stereocenters. The molecule has 11 heteroatoms. The van der Waals surface area contributed by atoms with E-state index in [0.29, 0.717) is 25.5 Å². The molecular weight excluding hydrogens is 560 g/mol. The van der Waals surface area contributed by atoms with Gasteiger partial charge < -0.3 is 24.5 Å². The Balaban J connectivity index is 1.09. The summed E-state index contributed by atoms with van der Waals surface area (Å²) in [5, 5.41) is 9.51. The highest BCUT2D eigenvalue weighted by atomic mass is 16.6. The third kappa shape index (κ3) is 5.16. The van der Waals surface area contributed by atoms with Gasteiger partial charge in [-0.1, -0.05) is 18.2 Å². The third-order valence-corrected chi connectivity index (χ3v) is 8.58. The Morgan fingerprint density at radius 3 is 2.11 bits per heavy atom. The number of fused-ring (bicyclic) bond motifs is 3. The molecule has 0 spiro atoms. The average molecular weight is 597 g/mol. The van der Waals surface area contributed by atoms with E-state index in [-0.39, 0.29) is 18.2 Å². The minimum absolute atomic E-state index is 0.138. The molecule has 228 valence electrons. The Kier molecular flexibility index (Phi) is 6.83. The Morgan fingerprint density at radius 1 is 0.886 bits per heavy atom. The fraction of sp³-hybridized carbons (Fsp3) is 0.394. The summed E-state index contributed by atoms with van der Waals surface area (Å²) < 4.78 is 11.8. The molecule has 2 aromatic heterocycles. The van der Waals surface area contributed by atoms with Gasteiger partial charge in [0.2, 0.25) is 0 Å². The molecule has 3 N–H and O–H groups in total. The predicted octanol–water partition coefficient (Wildman–Crippen LogP) is 6.91. The number of hydrogen-bond donors (Lipinski definition) is 3. The molecule has 7 rings (SSSR count). The van der Waals surface area contributed by atoms with Gasteiger partial charge in [-0.15, -0.1) is 0 Å². The van der Waals surface area contributed by atoms with E-state index in [1.807, 2.05) is 39.1 Å². The van der Waals surface area contributed by atoms with Crippen molar-refractivity contribution in [3.05, 3.63) is 66.0 Å². The van der Waals surface area contributed by atoms with Gasteiger partial charge in [-0.25, -0.2) is 19.6 Å². The lowest BCUT2D eigenvalue weighted by molar-refractivity contribution is 0.0218. The zero-order valence-corrected chi connectivity index (χ0v) is 25.1. The largest absolute Gasteiger partial charge is 0.488 e. The van der Waals surface area contributed by atoms with E-state index in [0.717, 1.165) is 76.5 Å². The van der Waals surface area contributed by atoms with Crippen molar-refractivity contribution in [1.29, 1.82) is 0 Å². The Hall–Kier alpha value is -4.80. The van der Waals surface area contributed by atoms with Crippen LogP contribution in [0.3, 0.4) is 0 Å². The lowest BCUT2D eigenvalue weighted by Crippen LogP contribution is -2.36. The second-order valence-electron chi connectivity index (χ2n) is 12.7. The van der Waals surface area contributed by atoms with Crippen LogP contribution in [0.5, 0.6) is 5.75 Å². The van der Waals surface area contributed by atoms with Crippen molar-refractivity contribution >= 4 is 12.2 Å². The molecule has 2 unspecified atom stereocenters. The van der Waals surface area contributed by atoms with Crippen molar-refractivity contribution < 1.29 is 24.2 Å². The number of rotatable bonds is 4. The predicted molar refractivity (Wildman–Crippen MR) is 163 cm³/mol. The normalized spacial score (nSPS) is 19.4. The van der Waals surface area contributed by atoms with Crippen molar-refractivity contribution in [1.82, 2.24) is 29.7 Å². The van der Waals surface area contributed by atoms with Gasteiger partial charge in [0.05, 0.1) is 35.9 Å². The zero-order chi connectivity index (χ0) is 30.6. The summed E-state index contributed by atoms with van der Waals surface area (Å²) in [4.78, 5) is 43.6. The summed E-state index contributed by atoms with van der Waals surface area (Å²) in [5.41, 5.74) is 6.30. The number of nitrogens with zero attached hydrogens (tertiary/aromatic N) is 4. The average Bonchev–Trinajstić information content (AvgIpc) is 3.81. The molecule has 0 bridgehead atoms. The first kappa shape index (κ1) is 28.0. The van der Waals surface area contributed by atoms with E-state index < -0.39 is 11.7 Å². The number of amides is 2. The molecule has 0 radical (unpaired) electrons. The van der Waals surface area contributed by atoms with Crippen molar-refractivity contribution in [2.45, 2.75) is 70.7 Å². The third-order valence-electron chi connectivity index (χ3n) is 8.58. The van der Waals surface area contributed by atoms with Gasteiger partial charge >= 0.3 is 12.2 Å². The summed E-state index contributed by atoms with van der Waals surface area (Å²) in [5.74, 6) is 2.23. The Morgan fingerprint density at radius 2 is 1.48 bits per heavy atom. The number of H-pyrrole nitrogens is 2. The molecule has 0 saturated carbocycles. The van der Waals surface area contributed by atoms with E-state index in [1.54, 1.807) is 11.1 Å². The van der Waals surface area contributed by atoms with Crippen LogP contribution in [0.25, 0.3) is 33.6 Å². The second-order valence-corrected chi connectivity index (χ2v) is 12.7. The molecule has 3 aliphatic rings. The number of carbonyl (C=O) groups is 2. The number of aromatic amines is 2. The first-order valence-electron chi connectivity index (χ1n) is 15.1. The van der Waals surface area contributed by atoms with Crippen LogP contribution >= 0.6 is 0 Å².